The van der Waals surface area contributed by atoms with Crippen molar-refractivity contribution in [3.05, 3.63) is 72.1 Å². The molecule has 2 N–H and O–H groups in total. The van der Waals surface area contributed by atoms with Gasteiger partial charge in [0.1, 0.15) is 11.6 Å². The molecule has 1 aliphatic heterocycles. The zero-order chi connectivity index (χ0) is 22.9. The number of likely N-dealkylation sites (tertiary alicyclic amines) is 1. The number of hydrogen-bond acceptors (Lipinski definition) is 4. The lowest BCUT2D eigenvalue weighted by Crippen LogP contribution is -2.50. The Morgan fingerprint density at radius 2 is 1.69 bits per heavy atom. The van der Waals surface area contributed by atoms with Gasteiger partial charge in [-0.2, -0.15) is 0 Å². The molecule has 0 saturated carbocycles. The van der Waals surface area contributed by atoms with Gasteiger partial charge in [-0.15, -0.1) is 0 Å². The number of nitrogens with zero attached hydrogens (tertiary/aromatic N) is 1. The molecule has 0 bridgehead atoms. The van der Waals surface area contributed by atoms with Crippen molar-refractivity contribution >= 4 is 23.8 Å². The standard InChI is InChI=1S/C24H26FN3O4/c1-17(32-21-10-8-20(25)9-11-21)23(30)26-27-24(31)19-13-15-28(16-14-19)22(29)12-7-18-5-3-2-4-6-18/h2-12,17,19H,13-16H2,1H3,(H,26,30)(H,27,31)/b12-7+. The number of amides is 3. The van der Waals surface area contributed by atoms with E-state index < -0.39 is 17.8 Å². The first-order chi connectivity index (χ1) is 15.4. The first-order valence-corrected chi connectivity index (χ1v) is 10.5. The number of rotatable bonds is 6. The third kappa shape index (κ3) is 6.66. The largest absolute Gasteiger partial charge is 0.481 e. The fourth-order valence-corrected chi connectivity index (χ4v) is 3.30. The third-order valence-electron chi connectivity index (χ3n) is 5.20. The second-order valence-electron chi connectivity index (χ2n) is 7.54. The minimum Gasteiger partial charge on any atom is -0.481 e. The molecule has 3 amide bonds. The van der Waals surface area contributed by atoms with Gasteiger partial charge in [-0.1, -0.05) is 30.3 Å². The first kappa shape index (κ1) is 23.0. The molecule has 168 valence electrons. The Morgan fingerprint density at radius 1 is 1.03 bits per heavy atom. The molecule has 32 heavy (non-hydrogen) atoms. The first-order valence-electron chi connectivity index (χ1n) is 10.5. The zero-order valence-electron chi connectivity index (χ0n) is 17.8. The highest BCUT2D eigenvalue weighted by Crippen LogP contribution is 2.18. The summed E-state index contributed by atoms with van der Waals surface area (Å²) in [5.41, 5.74) is 5.72. The molecule has 8 heteroatoms. The van der Waals surface area contributed by atoms with Crippen molar-refractivity contribution in [1.82, 2.24) is 15.8 Å². The normalized spacial score (nSPS) is 15.2. The van der Waals surface area contributed by atoms with E-state index in [9.17, 15) is 18.8 Å². The van der Waals surface area contributed by atoms with Crippen molar-refractivity contribution in [3.63, 3.8) is 0 Å². The second kappa shape index (κ2) is 11.1. The van der Waals surface area contributed by atoms with Gasteiger partial charge in [0.05, 0.1) is 0 Å². The van der Waals surface area contributed by atoms with E-state index in [-0.39, 0.29) is 17.7 Å². The highest BCUT2D eigenvalue weighted by Gasteiger charge is 2.27. The Morgan fingerprint density at radius 3 is 2.34 bits per heavy atom. The van der Waals surface area contributed by atoms with E-state index in [1.807, 2.05) is 30.3 Å². The predicted octanol–water partition coefficient (Wildman–Crippen LogP) is 2.69. The number of nitrogens with one attached hydrogen (secondary N) is 2. The quantitative estimate of drug-likeness (QED) is 0.535. The summed E-state index contributed by atoms with van der Waals surface area (Å²) in [6.45, 7) is 2.46. The zero-order valence-corrected chi connectivity index (χ0v) is 17.8. The monoisotopic (exact) mass is 439 g/mol. The molecule has 0 radical (unpaired) electrons. The molecular weight excluding hydrogens is 413 g/mol. The molecule has 1 fully saturated rings. The average molecular weight is 439 g/mol. The van der Waals surface area contributed by atoms with Crippen LogP contribution < -0.4 is 15.6 Å². The molecule has 2 aromatic rings. The number of hydrazine groups is 1. The van der Waals surface area contributed by atoms with Crippen molar-refractivity contribution in [1.29, 1.82) is 0 Å². The van der Waals surface area contributed by atoms with E-state index >= 15 is 0 Å². The van der Waals surface area contributed by atoms with Gasteiger partial charge in [-0.05, 0) is 55.7 Å². The minimum absolute atomic E-state index is 0.0900. The predicted molar refractivity (Wildman–Crippen MR) is 118 cm³/mol. The van der Waals surface area contributed by atoms with Gasteiger partial charge >= 0.3 is 0 Å². The summed E-state index contributed by atoms with van der Waals surface area (Å²) in [6, 6.07) is 14.9. The van der Waals surface area contributed by atoms with Crippen molar-refractivity contribution in [2.24, 2.45) is 5.92 Å². The van der Waals surface area contributed by atoms with Crippen LogP contribution in [0.4, 0.5) is 4.39 Å². The van der Waals surface area contributed by atoms with Gasteiger partial charge in [0.25, 0.3) is 5.91 Å². The summed E-state index contributed by atoms with van der Waals surface area (Å²) in [6.07, 6.45) is 3.45. The van der Waals surface area contributed by atoms with Gasteiger partial charge < -0.3 is 9.64 Å². The number of hydrogen-bond donors (Lipinski definition) is 2. The molecule has 0 aliphatic carbocycles. The molecule has 0 aromatic heterocycles. The molecule has 3 rings (SSSR count). The van der Waals surface area contributed by atoms with Crippen LogP contribution in [0.1, 0.15) is 25.3 Å². The van der Waals surface area contributed by atoms with Gasteiger partial charge in [0, 0.05) is 25.1 Å². The summed E-state index contributed by atoms with van der Waals surface area (Å²) in [5.74, 6) is -1.28. The SMILES string of the molecule is CC(Oc1ccc(F)cc1)C(=O)NNC(=O)C1CCN(C(=O)/C=C/c2ccccc2)CC1. The van der Waals surface area contributed by atoms with Crippen molar-refractivity contribution in [2.45, 2.75) is 25.9 Å². The lowest BCUT2D eigenvalue weighted by Gasteiger charge is -2.30. The fraction of sp³-hybridized carbons (Fsp3) is 0.292. The van der Waals surface area contributed by atoms with Crippen LogP contribution in [0.3, 0.4) is 0 Å². The van der Waals surface area contributed by atoms with E-state index in [4.69, 9.17) is 4.74 Å². The van der Waals surface area contributed by atoms with Crippen LogP contribution in [0.25, 0.3) is 6.08 Å². The summed E-state index contributed by atoms with van der Waals surface area (Å²) in [4.78, 5) is 38.6. The molecule has 1 aliphatic rings. The van der Waals surface area contributed by atoms with E-state index in [0.29, 0.717) is 31.7 Å². The maximum absolute atomic E-state index is 12.9. The van der Waals surface area contributed by atoms with E-state index in [1.54, 1.807) is 17.1 Å². The Bertz CT molecular complexity index is 955. The number of piperidine rings is 1. The van der Waals surface area contributed by atoms with Crippen LogP contribution in [-0.2, 0) is 14.4 Å². The Balaban J connectivity index is 1.39. The molecule has 1 atom stereocenters. The Kier molecular flexibility index (Phi) is 7.96. The summed E-state index contributed by atoms with van der Waals surface area (Å²) < 4.78 is 18.4. The van der Waals surface area contributed by atoms with Crippen LogP contribution in [0, 0.1) is 11.7 Å². The number of carbonyl (C=O) groups excluding carboxylic acids is 3. The van der Waals surface area contributed by atoms with Gasteiger partial charge in [0.2, 0.25) is 11.8 Å². The van der Waals surface area contributed by atoms with Crippen LogP contribution in [0.5, 0.6) is 5.75 Å². The summed E-state index contributed by atoms with van der Waals surface area (Å²) in [7, 11) is 0. The topological polar surface area (TPSA) is 87.7 Å². The molecule has 7 nitrogen and oxygen atoms in total. The smallest absolute Gasteiger partial charge is 0.279 e. The number of carbonyl (C=O) groups is 3. The summed E-state index contributed by atoms with van der Waals surface area (Å²) in [5, 5.41) is 0. The van der Waals surface area contributed by atoms with E-state index in [1.165, 1.54) is 31.2 Å². The molecule has 1 unspecified atom stereocenters. The molecule has 0 spiro atoms. The molecule has 1 heterocycles. The lowest BCUT2D eigenvalue weighted by atomic mass is 9.96. The van der Waals surface area contributed by atoms with Crippen molar-refractivity contribution in [2.75, 3.05) is 13.1 Å². The Hall–Kier alpha value is -3.68. The van der Waals surface area contributed by atoms with Crippen LogP contribution >= 0.6 is 0 Å². The van der Waals surface area contributed by atoms with E-state index in [0.717, 1.165) is 5.56 Å². The van der Waals surface area contributed by atoms with Crippen LogP contribution in [0.2, 0.25) is 0 Å². The number of ether oxygens (including phenoxy) is 1. The highest BCUT2D eigenvalue weighted by atomic mass is 19.1. The molecular formula is C24H26FN3O4. The van der Waals surface area contributed by atoms with Gasteiger partial charge in [-0.25, -0.2) is 4.39 Å². The molecule has 1 saturated heterocycles. The van der Waals surface area contributed by atoms with Crippen LogP contribution in [0.15, 0.2) is 60.7 Å². The third-order valence-corrected chi connectivity index (χ3v) is 5.20. The summed E-state index contributed by atoms with van der Waals surface area (Å²) >= 11 is 0. The average Bonchev–Trinajstić information content (AvgIpc) is 2.83. The fourth-order valence-electron chi connectivity index (χ4n) is 3.30. The highest BCUT2D eigenvalue weighted by molar-refractivity contribution is 5.92. The maximum atomic E-state index is 12.9. The lowest BCUT2D eigenvalue weighted by molar-refractivity contribution is -0.136. The molecule has 2 aromatic carbocycles. The van der Waals surface area contributed by atoms with E-state index in [2.05, 4.69) is 10.9 Å². The minimum atomic E-state index is -0.878. The number of halogens is 1. The van der Waals surface area contributed by atoms with Crippen molar-refractivity contribution in [3.8, 4) is 5.75 Å². The van der Waals surface area contributed by atoms with Gasteiger partial charge in [-0.3, -0.25) is 25.2 Å². The second-order valence-corrected chi connectivity index (χ2v) is 7.54. The number of benzene rings is 2. The van der Waals surface area contributed by atoms with Crippen molar-refractivity contribution < 1.29 is 23.5 Å². The van der Waals surface area contributed by atoms with Crippen LogP contribution in [-0.4, -0.2) is 41.8 Å². The maximum Gasteiger partial charge on any atom is 0.279 e. The van der Waals surface area contributed by atoms with Gasteiger partial charge in [0.15, 0.2) is 6.10 Å². The Labute approximate surface area is 186 Å².